The van der Waals surface area contributed by atoms with Crippen molar-refractivity contribution in [1.82, 2.24) is 5.32 Å². The van der Waals surface area contributed by atoms with Crippen molar-refractivity contribution in [3.05, 3.63) is 64.1 Å². The molecule has 34 heavy (non-hydrogen) atoms. The van der Waals surface area contributed by atoms with E-state index in [0.29, 0.717) is 51.9 Å². The molecule has 0 fully saturated rings. The number of benzene rings is 1. The first-order valence-electron chi connectivity index (χ1n) is 11.2. The quantitative estimate of drug-likeness (QED) is 0.679. The number of hydrogen-bond donors (Lipinski definition) is 2. The molecular formula is C26H30N3O5+. The lowest BCUT2D eigenvalue weighted by Crippen LogP contribution is -2.36. The van der Waals surface area contributed by atoms with Crippen LogP contribution in [0.2, 0.25) is 0 Å². The molecule has 1 aliphatic carbocycles. The summed E-state index contributed by atoms with van der Waals surface area (Å²) >= 11 is 0. The number of allylic oxidation sites excluding steroid dienone is 3. The number of carbonyl (C=O) groups excluding carboxylic acids is 2. The molecule has 2 aromatic rings. The van der Waals surface area contributed by atoms with Crippen LogP contribution in [0.5, 0.6) is 17.2 Å². The summed E-state index contributed by atoms with van der Waals surface area (Å²) in [5, 5.41) is 6.28. The highest BCUT2D eigenvalue weighted by Crippen LogP contribution is 2.48. The maximum atomic E-state index is 13.6. The number of ketones is 1. The minimum Gasteiger partial charge on any atom is -0.496 e. The Kier molecular flexibility index (Phi) is 6.58. The zero-order valence-corrected chi connectivity index (χ0v) is 20.1. The lowest BCUT2D eigenvalue weighted by molar-refractivity contribution is -0.361. The van der Waals surface area contributed by atoms with Crippen molar-refractivity contribution < 1.29 is 28.8 Å². The number of rotatable bonds is 6. The highest BCUT2D eigenvalue weighted by atomic mass is 16.5. The van der Waals surface area contributed by atoms with Crippen molar-refractivity contribution in [2.75, 3.05) is 26.6 Å². The van der Waals surface area contributed by atoms with Crippen molar-refractivity contribution in [2.45, 2.75) is 39.0 Å². The van der Waals surface area contributed by atoms with E-state index in [9.17, 15) is 9.59 Å². The van der Waals surface area contributed by atoms with Crippen molar-refractivity contribution in [3.8, 4) is 17.2 Å². The Balaban J connectivity index is 1.88. The standard InChI is InChI=1S/C26H29N3O5/c1-14-9-10-22(27-13-14)29-26(31)23-15(2)28-17-7-6-8-18(30)25(17)24(23)16-11-20(33-4)21(34-5)12-19(16)32-3/h9-13,24,28H,6-8H2,1-5H3,(H,27,29,31)/p+1. The number of ether oxygens (including phenoxy) is 3. The smallest absolute Gasteiger partial charge is 0.337 e. The van der Waals surface area contributed by atoms with Gasteiger partial charge in [-0.2, -0.15) is 0 Å². The second kappa shape index (κ2) is 9.59. The molecule has 1 aromatic heterocycles. The Morgan fingerprint density at radius 3 is 2.38 bits per heavy atom. The second-order valence-corrected chi connectivity index (χ2v) is 8.45. The van der Waals surface area contributed by atoms with Gasteiger partial charge in [-0.05, 0) is 44.4 Å². The van der Waals surface area contributed by atoms with Crippen LogP contribution in [-0.4, -0.2) is 33.0 Å². The van der Waals surface area contributed by atoms with Crippen LogP contribution in [-0.2, 0) is 9.59 Å². The minimum absolute atomic E-state index is 0.0234. The maximum absolute atomic E-state index is 13.6. The first kappa shape index (κ1) is 23.4. The summed E-state index contributed by atoms with van der Waals surface area (Å²) in [5.74, 6) is 1.16. The zero-order chi connectivity index (χ0) is 24.4. The van der Waals surface area contributed by atoms with Gasteiger partial charge in [0.15, 0.2) is 17.3 Å². The Morgan fingerprint density at radius 1 is 1.03 bits per heavy atom. The lowest BCUT2D eigenvalue weighted by atomic mass is 9.74. The molecule has 8 nitrogen and oxygen atoms in total. The number of anilines is 1. The monoisotopic (exact) mass is 464 g/mol. The Labute approximate surface area is 199 Å². The number of pyridine rings is 1. The van der Waals surface area contributed by atoms with Gasteiger partial charge in [-0.15, -0.1) is 0 Å². The molecule has 0 bridgehead atoms. The molecule has 178 valence electrons. The summed E-state index contributed by atoms with van der Waals surface area (Å²) in [7, 11) is 4.66. The molecule has 0 spiro atoms. The summed E-state index contributed by atoms with van der Waals surface area (Å²) in [6.07, 6.45) is 3.77. The van der Waals surface area contributed by atoms with Gasteiger partial charge >= 0.3 is 5.91 Å². The number of hydrogen-bond acceptors (Lipinski definition) is 6. The topological polar surface area (TPSA) is 100 Å². The number of Topliss-reactive ketones (excluding diaryl/α,β-unsaturated/α-hetero) is 1. The summed E-state index contributed by atoms with van der Waals surface area (Å²) in [5.41, 5.74) is 4.31. The van der Waals surface area contributed by atoms with Crippen LogP contribution in [0.4, 0.5) is 5.82 Å². The number of aromatic amines is 1. The van der Waals surface area contributed by atoms with E-state index in [2.05, 4.69) is 15.6 Å². The summed E-state index contributed by atoms with van der Waals surface area (Å²) in [4.78, 5) is 29.9. The number of aromatic nitrogens is 1. The first-order valence-corrected chi connectivity index (χ1v) is 11.2. The van der Waals surface area contributed by atoms with Gasteiger partial charge < -0.3 is 19.5 Å². The van der Waals surface area contributed by atoms with E-state index in [1.54, 1.807) is 33.5 Å². The average Bonchev–Trinajstić information content (AvgIpc) is 2.83. The SMILES string of the molecule is COc1cc(OC)c(C2C(C(=O)Nc3ccc(C)c[nH+]3)=C(C)NC3=C2C(=O)CCC3)cc1OC. The van der Waals surface area contributed by atoms with Gasteiger partial charge in [-0.1, -0.05) is 0 Å². The number of nitrogens with one attached hydrogen (secondary N) is 3. The molecule has 1 aromatic carbocycles. The predicted octanol–water partition coefficient (Wildman–Crippen LogP) is 3.44. The van der Waals surface area contributed by atoms with Crippen LogP contribution in [0.1, 0.15) is 43.2 Å². The fourth-order valence-electron chi connectivity index (χ4n) is 4.64. The normalized spacial score (nSPS) is 17.7. The van der Waals surface area contributed by atoms with E-state index in [1.165, 1.54) is 0 Å². The molecule has 1 atom stereocenters. The number of H-pyrrole nitrogens is 1. The molecule has 0 radical (unpaired) electrons. The molecular weight excluding hydrogens is 434 g/mol. The predicted molar refractivity (Wildman–Crippen MR) is 127 cm³/mol. The average molecular weight is 465 g/mol. The third kappa shape index (κ3) is 4.23. The van der Waals surface area contributed by atoms with E-state index < -0.39 is 5.92 Å². The van der Waals surface area contributed by atoms with Gasteiger partial charge in [-0.3, -0.25) is 4.79 Å². The van der Waals surface area contributed by atoms with Crippen molar-refractivity contribution in [3.63, 3.8) is 0 Å². The van der Waals surface area contributed by atoms with Crippen LogP contribution in [0.15, 0.2) is 53.0 Å². The summed E-state index contributed by atoms with van der Waals surface area (Å²) in [6.45, 7) is 3.82. The molecule has 0 saturated carbocycles. The Morgan fingerprint density at radius 2 is 1.74 bits per heavy atom. The molecule has 1 unspecified atom stereocenters. The first-order chi connectivity index (χ1) is 16.4. The highest BCUT2D eigenvalue weighted by molar-refractivity contribution is 6.09. The number of dihydropyridines is 1. The van der Waals surface area contributed by atoms with Gasteiger partial charge in [-0.25, -0.2) is 15.1 Å². The van der Waals surface area contributed by atoms with Crippen LogP contribution in [0, 0.1) is 6.92 Å². The summed E-state index contributed by atoms with van der Waals surface area (Å²) in [6, 6.07) is 7.23. The molecule has 1 amide bonds. The van der Waals surface area contributed by atoms with Gasteiger partial charge in [0.2, 0.25) is 0 Å². The largest absolute Gasteiger partial charge is 0.496 e. The van der Waals surface area contributed by atoms with Crippen molar-refractivity contribution >= 4 is 17.5 Å². The van der Waals surface area contributed by atoms with Crippen LogP contribution < -0.4 is 29.8 Å². The van der Waals surface area contributed by atoms with E-state index in [-0.39, 0.29) is 11.7 Å². The van der Waals surface area contributed by atoms with Crippen molar-refractivity contribution in [1.29, 1.82) is 0 Å². The van der Waals surface area contributed by atoms with Crippen molar-refractivity contribution in [2.24, 2.45) is 0 Å². The lowest BCUT2D eigenvalue weighted by Gasteiger charge is -2.34. The molecule has 3 N–H and O–H groups in total. The minimum atomic E-state index is -0.621. The van der Waals surface area contributed by atoms with Gasteiger partial charge in [0.1, 0.15) is 5.75 Å². The van der Waals surface area contributed by atoms with E-state index in [1.807, 2.05) is 32.2 Å². The van der Waals surface area contributed by atoms with E-state index in [0.717, 1.165) is 24.1 Å². The zero-order valence-electron chi connectivity index (χ0n) is 20.1. The van der Waals surface area contributed by atoms with E-state index >= 15 is 0 Å². The fourth-order valence-corrected chi connectivity index (χ4v) is 4.64. The highest BCUT2D eigenvalue weighted by Gasteiger charge is 2.41. The van der Waals surface area contributed by atoms with E-state index in [4.69, 9.17) is 14.2 Å². The summed E-state index contributed by atoms with van der Waals surface area (Å²) < 4.78 is 16.7. The third-order valence-electron chi connectivity index (χ3n) is 6.28. The third-order valence-corrected chi connectivity index (χ3v) is 6.28. The number of carbonyl (C=O) groups is 2. The molecule has 0 saturated heterocycles. The van der Waals surface area contributed by atoms with Crippen LogP contribution in [0.3, 0.4) is 0 Å². The fraction of sp³-hybridized carbons (Fsp3) is 0.346. The number of methoxy groups -OCH3 is 3. The van der Waals surface area contributed by atoms with Gasteiger partial charge in [0.05, 0.1) is 39.0 Å². The molecule has 2 aliphatic rings. The van der Waals surface area contributed by atoms with Gasteiger partial charge in [0, 0.05) is 41.1 Å². The van der Waals surface area contributed by atoms with Crippen LogP contribution in [0.25, 0.3) is 0 Å². The molecule has 4 rings (SSSR count). The van der Waals surface area contributed by atoms with Gasteiger partial charge in [0.25, 0.3) is 5.82 Å². The molecule has 1 aliphatic heterocycles. The Bertz CT molecular complexity index is 1200. The Hall–Kier alpha value is -3.81. The maximum Gasteiger partial charge on any atom is 0.337 e. The number of aryl methyl sites for hydroxylation is 1. The molecule has 2 heterocycles. The second-order valence-electron chi connectivity index (χ2n) is 8.45. The number of amides is 1. The van der Waals surface area contributed by atoms with Crippen LogP contribution >= 0.6 is 0 Å². The molecule has 8 heteroatoms.